The highest BCUT2D eigenvalue weighted by molar-refractivity contribution is 5.38. The molecule has 0 radical (unpaired) electrons. The minimum absolute atomic E-state index is 0.241. The summed E-state index contributed by atoms with van der Waals surface area (Å²) in [4.78, 5) is 4.43. The zero-order valence-electron chi connectivity index (χ0n) is 12.2. The van der Waals surface area contributed by atoms with Crippen LogP contribution in [0, 0.1) is 17.7 Å². The predicted octanol–water partition coefficient (Wildman–Crippen LogP) is 1.93. The molecule has 0 spiro atoms. The third-order valence-corrected chi connectivity index (χ3v) is 3.03. The van der Waals surface area contributed by atoms with Crippen molar-refractivity contribution in [1.29, 1.82) is 0 Å². The van der Waals surface area contributed by atoms with E-state index in [0.717, 1.165) is 30.1 Å². The van der Waals surface area contributed by atoms with Crippen LogP contribution in [-0.2, 0) is 19.4 Å². The van der Waals surface area contributed by atoms with Gasteiger partial charge in [0, 0.05) is 18.4 Å². The Labute approximate surface area is 123 Å². The third-order valence-electron chi connectivity index (χ3n) is 3.03. The molecule has 0 aliphatic heterocycles. The maximum atomic E-state index is 13.6. The molecule has 0 atom stereocenters. The van der Waals surface area contributed by atoms with Crippen LogP contribution in [0.1, 0.15) is 36.6 Å². The van der Waals surface area contributed by atoms with Gasteiger partial charge in [0.1, 0.15) is 18.2 Å². The number of benzene rings is 1. The molecule has 1 aromatic carbocycles. The lowest BCUT2D eigenvalue weighted by Crippen LogP contribution is -2.07. The van der Waals surface area contributed by atoms with Gasteiger partial charge in [0.05, 0.1) is 6.54 Å². The monoisotopic (exact) mass is 287 g/mol. The Balaban J connectivity index is 2.30. The molecular formula is C16H18FN3O. The van der Waals surface area contributed by atoms with Crippen LogP contribution in [0.25, 0.3) is 0 Å². The molecule has 4 nitrogen and oxygen atoms in total. The first-order valence-corrected chi connectivity index (χ1v) is 6.98. The fourth-order valence-corrected chi connectivity index (χ4v) is 2.09. The SMILES string of the molecule is CCc1nc(CC)n(Cc2cc(F)cc(C#CCO)c2)n1. The number of aryl methyl sites for hydroxylation is 2. The maximum absolute atomic E-state index is 13.6. The summed E-state index contributed by atoms with van der Waals surface area (Å²) in [5, 5.41) is 13.1. The van der Waals surface area contributed by atoms with Crippen molar-refractivity contribution >= 4 is 0 Å². The van der Waals surface area contributed by atoms with Gasteiger partial charge in [0.25, 0.3) is 0 Å². The molecule has 0 bridgehead atoms. The smallest absolute Gasteiger partial charge is 0.150 e. The van der Waals surface area contributed by atoms with Crippen molar-refractivity contribution in [3.8, 4) is 11.8 Å². The van der Waals surface area contributed by atoms with Crippen LogP contribution in [0.15, 0.2) is 18.2 Å². The lowest BCUT2D eigenvalue weighted by Gasteiger charge is -2.06. The quantitative estimate of drug-likeness (QED) is 0.874. The molecule has 0 saturated heterocycles. The molecule has 0 aliphatic rings. The van der Waals surface area contributed by atoms with Gasteiger partial charge < -0.3 is 5.11 Å². The van der Waals surface area contributed by atoms with E-state index in [9.17, 15) is 4.39 Å². The van der Waals surface area contributed by atoms with Crippen LogP contribution < -0.4 is 0 Å². The Morgan fingerprint density at radius 3 is 2.71 bits per heavy atom. The van der Waals surface area contributed by atoms with Crippen molar-refractivity contribution < 1.29 is 9.50 Å². The van der Waals surface area contributed by atoms with Crippen molar-refractivity contribution in [2.24, 2.45) is 0 Å². The van der Waals surface area contributed by atoms with E-state index in [1.165, 1.54) is 12.1 Å². The summed E-state index contributed by atoms with van der Waals surface area (Å²) in [6, 6.07) is 4.63. The highest BCUT2D eigenvalue weighted by Gasteiger charge is 2.08. The van der Waals surface area contributed by atoms with E-state index in [-0.39, 0.29) is 12.4 Å². The Hall–Kier alpha value is -2.19. The van der Waals surface area contributed by atoms with Gasteiger partial charge in [-0.05, 0) is 23.8 Å². The van der Waals surface area contributed by atoms with Crippen molar-refractivity contribution in [1.82, 2.24) is 14.8 Å². The highest BCUT2D eigenvalue weighted by atomic mass is 19.1. The summed E-state index contributed by atoms with van der Waals surface area (Å²) in [5.74, 6) is 6.58. The lowest BCUT2D eigenvalue weighted by molar-refractivity contribution is 0.350. The van der Waals surface area contributed by atoms with Gasteiger partial charge in [0.2, 0.25) is 0 Å². The lowest BCUT2D eigenvalue weighted by atomic mass is 10.1. The standard InChI is InChI=1S/C16H18FN3O/c1-3-15-18-16(4-2)20(19-15)11-13-8-12(6-5-7-21)9-14(17)10-13/h8-10,21H,3-4,7,11H2,1-2H3. The summed E-state index contributed by atoms with van der Waals surface area (Å²) in [7, 11) is 0. The summed E-state index contributed by atoms with van der Waals surface area (Å²) in [6.07, 6.45) is 1.55. The first kappa shape index (κ1) is 15.2. The molecule has 2 aromatic rings. The van der Waals surface area contributed by atoms with Gasteiger partial charge in [-0.2, -0.15) is 5.10 Å². The predicted molar refractivity (Wildman–Crippen MR) is 78.2 cm³/mol. The first-order valence-electron chi connectivity index (χ1n) is 6.98. The average molecular weight is 287 g/mol. The molecule has 110 valence electrons. The fraction of sp³-hybridized carbons (Fsp3) is 0.375. The Morgan fingerprint density at radius 2 is 2.05 bits per heavy atom. The Morgan fingerprint density at radius 1 is 1.24 bits per heavy atom. The van der Waals surface area contributed by atoms with E-state index in [2.05, 4.69) is 21.9 Å². The molecule has 0 unspecified atom stereocenters. The zero-order chi connectivity index (χ0) is 15.2. The van der Waals surface area contributed by atoms with E-state index in [0.29, 0.717) is 12.1 Å². The van der Waals surface area contributed by atoms with Crippen molar-refractivity contribution in [2.45, 2.75) is 33.2 Å². The first-order chi connectivity index (χ1) is 10.2. The van der Waals surface area contributed by atoms with E-state index in [4.69, 9.17) is 5.11 Å². The van der Waals surface area contributed by atoms with E-state index in [1.54, 1.807) is 10.7 Å². The molecule has 1 aromatic heterocycles. The zero-order valence-corrected chi connectivity index (χ0v) is 12.2. The van der Waals surface area contributed by atoms with E-state index in [1.807, 2.05) is 13.8 Å². The van der Waals surface area contributed by atoms with Crippen LogP contribution in [-0.4, -0.2) is 26.5 Å². The van der Waals surface area contributed by atoms with Gasteiger partial charge in [-0.1, -0.05) is 25.7 Å². The van der Waals surface area contributed by atoms with E-state index < -0.39 is 0 Å². The number of halogens is 1. The maximum Gasteiger partial charge on any atom is 0.150 e. The van der Waals surface area contributed by atoms with Gasteiger partial charge in [-0.3, -0.25) is 0 Å². The fourth-order valence-electron chi connectivity index (χ4n) is 2.09. The molecule has 5 heteroatoms. The van der Waals surface area contributed by atoms with Crippen LogP contribution in [0.3, 0.4) is 0 Å². The summed E-state index contributed by atoms with van der Waals surface area (Å²) in [5.41, 5.74) is 1.33. The number of hydrogen-bond acceptors (Lipinski definition) is 3. The van der Waals surface area contributed by atoms with E-state index >= 15 is 0 Å². The molecule has 1 N–H and O–H groups in total. The van der Waals surface area contributed by atoms with Crippen LogP contribution in [0.5, 0.6) is 0 Å². The molecular weight excluding hydrogens is 269 g/mol. The van der Waals surface area contributed by atoms with Gasteiger partial charge >= 0.3 is 0 Å². The summed E-state index contributed by atoms with van der Waals surface area (Å²) in [6.45, 7) is 4.24. The second-order valence-corrected chi connectivity index (χ2v) is 4.62. The molecule has 21 heavy (non-hydrogen) atoms. The molecule has 0 saturated carbocycles. The normalized spacial score (nSPS) is 10.3. The number of rotatable bonds is 4. The summed E-state index contributed by atoms with van der Waals surface area (Å²) >= 11 is 0. The minimum Gasteiger partial charge on any atom is -0.384 e. The second kappa shape index (κ2) is 7.00. The van der Waals surface area contributed by atoms with Crippen LogP contribution in [0.2, 0.25) is 0 Å². The largest absolute Gasteiger partial charge is 0.384 e. The Bertz CT molecular complexity index is 683. The van der Waals surface area contributed by atoms with Crippen molar-refractivity contribution in [3.05, 3.63) is 46.8 Å². The number of aliphatic hydroxyl groups is 1. The van der Waals surface area contributed by atoms with Crippen LogP contribution >= 0.6 is 0 Å². The molecule has 0 amide bonds. The topological polar surface area (TPSA) is 50.9 Å². The van der Waals surface area contributed by atoms with Crippen molar-refractivity contribution in [2.75, 3.05) is 6.61 Å². The number of hydrogen-bond donors (Lipinski definition) is 1. The Kier molecular flexibility index (Phi) is 5.07. The summed E-state index contributed by atoms with van der Waals surface area (Å²) < 4.78 is 15.4. The van der Waals surface area contributed by atoms with Crippen LogP contribution in [0.4, 0.5) is 4.39 Å². The van der Waals surface area contributed by atoms with Crippen molar-refractivity contribution in [3.63, 3.8) is 0 Å². The molecule has 0 aliphatic carbocycles. The van der Waals surface area contributed by atoms with Gasteiger partial charge in [0.15, 0.2) is 5.82 Å². The molecule has 1 heterocycles. The molecule has 0 fully saturated rings. The number of nitrogens with zero attached hydrogens (tertiary/aromatic N) is 3. The van der Waals surface area contributed by atoms with Gasteiger partial charge in [-0.15, -0.1) is 0 Å². The third kappa shape index (κ3) is 3.89. The highest BCUT2D eigenvalue weighted by Crippen LogP contribution is 2.11. The minimum atomic E-state index is -0.344. The average Bonchev–Trinajstić information content (AvgIpc) is 2.86. The number of aliphatic hydroxyl groups excluding tert-OH is 1. The second-order valence-electron chi connectivity index (χ2n) is 4.62. The molecule has 2 rings (SSSR count). The number of aromatic nitrogens is 3. The van der Waals surface area contributed by atoms with Gasteiger partial charge in [-0.25, -0.2) is 14.1 Å².